The van der Waals surface area contributed by atoms with Gasteiger partial charge in [-0.3, -0.25) is 4.79 Å². The molecule has 0 atom stereocenters. The van der Waals surface area contributed by atoms with Gasteiger partial charge in [0, 0.05) is 26.2 Å². The van der Waals surface area contributed by atoms with Crippen molar-refractivity contribution < 1.29 is 26.7 Å². The Morgan fingerprint density at radius 2 is 1.60 bits per heavy atom. The lowest BCUT2D eigenvalue weighted by molar-refractivity contribution is 0.102. The molecule has 7 nitrogen and oxygen atoms in total. The number of anilines is 2. The fourth-order valence-corrected chi connectivity index (χ4v) is 5.36. The van der Waals surface area contributed by atoms with E-state index in [1.165, 1.54) is 52.8 Å². The summed E-state index contributed by atoms with van der Waals surface area (Å²) in [4.78, 5) is 14.4. The molecule has 1 heterocycles. The number of halogens is 2. The van der Waals surface area contributed by atoms with Gasteiger partial charge in [0.05, 0.1) is 28.4 Å². The van der Waals surface area contributed by atoms with E-state index in [0.717, 1.165) is 0 Å². The molecule has 1 aliphatic heterocycles. The number of carbonyl (C=O) groups is 1. The van der Waals surface area contributed by atoms with Crippen molar-refractivity contribution in [2.75, 3.05) is 43.0 Å². The molecule has 3 aromatic rings. The Morgan fingerprint density at radius 1 is 0.943 bits per heavy atom. The standard InChI is InChI=1S/C25H25F2N3O4S/c1-2-34-24-12-11-18(17-22(24)28-25(31)19-7-3-4-8-20(19)26)35(32,33)30-15-13-29(14-16-30)23-10-6-5-9-21(23)27/h3-12,17H,2,13-16H2,1H3,(H,28,31). The number of hydrogen-bond acceptors (Lipinski definition) is 5. The molecule has 35 heavy (non-hydrogen) atoms. The number of carbonyl (C=O) groups excluding carboxylic acids is 1. The van der Waals surface area contributed by atoms with Gasteiger partial charge in [0.2, 0.25) is 10.0 Å². The number of amides is 1. The number of hydrogen-bond donors (Lipinski definition) is 1. The molecule has 0 aliphatic carbocycles. The molecule has 0 unspecified atom stereocenters. The van der Waals surface area contributed by atoms with Crippen molar-refractivity contribution >= 4 is 27.3 Å². The monoisotopic (exact) mass is 501 g/mol. The minimum absolute atomic E-state index is 0.0378. The van der Waals surface area contributed by atoms with Crippen molar-refractivity contribution in [3.63, 3.8) is 0 Å². The van der Waals surface area contributed by atoms with Gasteiger partial charge in [-0.15, -0.1) is 0 Å². The summed E-state index contributed by atoms with van der Waals surface area (Å²) in [5.41, 5.74) is 0.377. The van der Waals surface area contributed by atoms with Gasteiger partial charge in [0.1, 0.15) is 17.4 Å². The van der Waals surface area contributed by atoms with Crippen molar-refractivity contribution in [3.05, 3.63) is 83.9 Å². The van der Waals surface area contributed by atoms with Crippen molar-refractivity contribution in [3.8, 4) is 5.75 Å². The second kappa shape index (κ2) is 10.4. The van der Waals surface area contributed by atoms with Crippen LogP contribution in [0.3, 0.4) is 0 Å². The first-order valence-electron chi connectivity index (χ1n) is 11.1. The second-order valence-corrected chi connectivity index (χ2v) is 9.81. The maximum absolute atomic E-state index is 14.1. The Kier molecular flexibility index (Phi) is 7.32. The van der Waals surface area contributed by atoms with Crippen LogP contribution in [0.2, 0.25) is 0 Å². The number of ether oxygens (including phenoxy) is 1. The van der Waals surface area contributed by atoms with E-state index in [9.17, 15) is 22.0 Å². The lowest BCUT2D eigenvalue weighted by Gasteiger charge is -2.35. The summed E-state index contributed by atoms with van der Waals surface area (Å²) in [6.45, 7) is 3.03. The molecule has 0 aromatic heterocycles. The van der Waals surface area contributed by atoms with E-state index in [-0.39, 0.29) is 47.4 Å². The highest BCUT2D eigenvalue weighted by Crippen LogP contribution is 2.31. The van der Waals surface area contributed by atoms with Gasteiger partial charge in [-0.05, 0) is 49.4 Å². The first-order chi connectivity index (χ1) is 16.8. The van der Waals surface area contributed by atoms with E-state index in [1.807, 2.05) is 0 Å². The quantitative estimate of drug-likeness (QED) is 0.527. The summed E-state index contributed by atoms with van der Waals surface area (Å²) < 4.78 is 61.7. The average Bonchev–Trinajstić information content (AvgIpc) is 2.86. The zero-order valence-corrected chi connectivity index (χ0v) is 19.9. The molecule has 1 amide bonds. The maximum atomic E-state index is 14.1. The predicted octanol–water partition coefficient (Wildman–Crippen LogP) is 4.13. The van der Waals surface area contributed by atoms with Gasteiger partial charge in [-0.2, -0.15) is 4.31 Å². The second-order valence-electron chi connectivity index (χ2n) is 7.87. The number of piperazine rings is 1. The maximum Gasteiger partial charge on any atom is 0.258 e. The van der Waals surface area contributed by atoms with Crippen LogP contribution < -0.4 is 15.0 Å². The Bertz CT molecular complexity index is 1330. The SMILES string of the molecule is CCOc1ccc(S(=O)(=O)N2CCN(c3ccccc3F)CC2)cc1NC(=O)c1ccccc1F. The van der Waals surface area contributed by atoms with Crippen molar-refractivity contribution in [1.82, 2.24) is 4.31 Å². The first kappa shape index (κ1) is 24.6. The molecule has 4 rings (SSSR count). The van der Waals surface area contributed by atoms with Crippen LogP contribution in [0.25, 0.3) is 0 Å². The minimum atomic E-state index is -3.91. The van der Waals surface area contributed by atoms with E-state index < -0.39 is 21.7 Å². The number of sulfonamides is 1. The highest BCUT2D eigenvalue weighted by Gasteiger charge is 2.30. The Balaban J connectivity index is 1.55. The molecule has 1 saturated heterocycles. The zero-order chi connectivity index (χ0) is 25.0. The molecule has 0 radical (unpaired) electrons. The molecule has 1 N–H and O–H groups in total. The average molecular weight is 502 g/mol. The third-order valence-electron chi connectivity index (χ3n) is 5.69. The van der Waals surface area contributed by atoms with Crippen LogP contribution in [0, 0.1) is 11.6 Å². The van der Waals surface area contributed by atoms with Crippen LogP contribution in [0.1, 0.15) is 17.3 Å². The van der Waals surface area contributed by atoms with Crippen LogP contribution in [0.15, 0.2) is 71.6 Å². The number of benzene rings is 3. The van der Waals surface area contributed by atoms with Crippen molar-refractivity contribution in [2.24, 2.45) is 0 Å². The smallest absolute Gasteiger partial charge is 0.258 e. The van der Waals surface area contributed by atoms with Gasteiger partial charge in [-0.25, -0.2) is 17.2 Å². The van der Waals surface area contributed by atoms with E-state index in [4.69, 9.17) is 4.74 Å². The highest BCUT2D eigenvalue weighted by atomic mass is 32.2. The molecule has 0 saturated carbocycles. The number of rotatable bonds is 7. The number of para-hydroxylation sites is 1. The largest absolute Gasteiger partial charge is 0.492 e. The molecule has 0 bridgehead atoms. The van der Waals surface area contributed by atoms with Gasteiger partial charge < -0.3 is 15.0 Å². The molecule has 10 heteroatoms. The number of nitrogens with zero attached hydrogens (tertiary/aromatic N) is 2. The fourth-order valence-electron chi connectivity index (χ4n) is 3.91. The van der Waals surface area contributed by atoms with E-state index in [1.54, 1.807) is 30.0 Å². The molecule has 1 fully saturated rings. The fraction of sp³-hybridized carbons (Fsp3) is 0.240. The lowest BCUT2D eigenvalue weighted by atomic mass is 10.2. The summed E-state index contributed by atoms with van der Waals surface area (Å²) in [6, 6.07) is 16.0. The first-order valence-corrected chi connectivity index (χ1v) is 12.6. The van der Waals surface area contributed by atoms with Gasteiger partial charge >= 0.3 is 0 Å². The van der Waals surface area contributed by atoms with Crippen LogP contribution in [-0.2, 0) is 10.0 Å². The molecular formula is C25H25F2N3O4S. The Morgan fingerprint density at radius 3 is 2.26 bits per heavy atom. The molecule has 0 spiro atoms. The highest BCUT2D eigenvalue weighted by molar-refractivity contribution is 7.89. The normalized spacial score (nSPS) is 14.5. The van der Waals surface area contributed by atoms with Crippen molar-refractivity contribution in [2.45, 2.75) is 11.8 Å². The summed E-state index contributed by atoms with van der Waals surface area (Å²) in [5.74, 6) is -1.51. The number of nitrogens with one attached hydrogen (secondary N) is 1. The lowest BCUT2D eigenvalue weighted by Crippen LogP contribution is -2.48. The minimum Gasteiger partial charge on any atom is -0.492 e. The van der Waals surface area contributed by atoms with E-state index in [0.29, 0.717) is 18.8 Å². The van der Waals surface area contributed by atoms with Gasteiger partial charge in [-0.1, -0.05) is 24.3 Å². The van der Waals surface area contributed by atoms with Crippen LogP contribution in [0.4, 0.5) is 20.2 Å². The van der Waals surface area contributed by atoms with E-state index >= 15 is 0 Å². The van der Waals surface area contributed by atoms with Crippen LogP contribution in [-0.4, -0.2) is 51.4 Å². The third kappa shape index (κ3) is 5.28. The van der Waals surface area contributed by atoms with Crippen molar-refractivity contribution in [1.29, 1.82) is 0 Å². The molecule has 184 valence electrons. The third-order valence-corrected chi connectivity index (χ3v) is 7.58. The molecule has 3 aromatic carbocycles. The van der Waals surface area contributed by atoms with E-state index in [2.05, 4.69) is 5.32 Å². The zero-order valence-electron chi connectivity index (χ0n) is 19.1. The Hall–Kier alpha value is -3.50. The van der Waals surface area contributed by atoms with Crippen LogP contribution in [0.5, 0.6) is 5.75 Å². The van der Waals surface area contributed by atoms with Gasteiger partial charge in [0.25, 0.3) is 5.91 Å². The summed E-state index contributed by atoms with van der Waals surface area (Å²) >= 11 is 0. The van der Waals surface area contributed by atoms with Crippen LogP contribution >= 0.6 is 0 Å². The molecular weight excluding hydrogens is 476 g/mol. The van der Waals surface area contributed by atoms with Gasteiger partial charge in [0.15, 0.2) is 0 Å². The Labute approximate surface area is 203 Å². The summed E-state index contributed by atoms with van der Waals surface area (Å²) in [7, 11) is -3.91. The topological polar surface area (TPSA) is 79.0 Å². The summed E-state index contributed by atoms with van der Waals surface area (Å²) in [6.07, 6.45) is 0. The molecule has 1 aliphatic rings. The predicted molar refractivity (Wildman–Crippen MR) is 129 cm³/mol. The summed E-state index contributed by atoms with van der Waals surface area (Å²) in [5, 5.41) is 2.57.